The number of benzene rings is 2. The number of nitrogens with one attached hydrogen (secondary N) is 1. The van der Waals surface area contributed by atoms with Crippen LogP contribution < -0.4 is 5.32 Å². The summed E-state index contributed by atoms with van der Waals surface area (Å²) < 4.78 is 11.3. The monoisotopic (exact) mass is 465 g/mol. The van der Waals surface area contributed by atoms with E-state index in [0.29, 0.717) is 47.2 Å². The van der Waals surface area contributed by atoms with Gasteiger partial charge in [-0.25, -0.2) is 0 Å². The van der Waals surface area contributed by atoms with Crippen LogP contribution in [0.1, 0.15) is 41.6 Å². The topological polar surface area (TPSA) is 84.9 Å². The molecule has 1 aliphatic rings. The van der Waals surface area contributed by atoms with Gasteiger partial charge < -0.3 is 19.9 Å². The van der Waals surface area contributed by atoms with Crippen molar-refractivity contribution in [3.8, 4) is 5.75 Å². The fraction of sp³-hybridized carbons (Fsp3) is 0.391. The molecule has 0 spiro atoms. The summed E-state index contributed by atoms with van der Waals surface area (Å²) in [7, 11) is 0. The van der Waals surface area contributed by atoms with Crippen LogP contribution in [-0.4, -0.2) is 36.2 Å². The number of hydrogen-bond acceptors (Lipinski definition) is 5. The van der Waals surface area contributed by atoms with Gasteiger partial charge >= 0.3 is 5.97 Å². The Labute approximate surface area is 191 Å². The van der Waals surface area contributed by atoms with Crippen molar-refractivity contribution in [2.75, 3.05) is 13.2 Å². The molecule has 0 aliphatic carbocycles. The van der Waals surface area contributed by atoms with Crippen LogP contribution in [0, 0.1) is 5.92 Å². The van der Waals surface area contributed by atoms with Gasteiger partial charge in [0.25, 0.3) is 5.91 Å². The Morgan fingerprint density at radius 2 is 1.87 bits per heavy atom. The molecule has 1 heterocycles. The van der Waals surface area contributed by atoms with Crippen LogP contribution in [0.2, 0.25) is 10.0 Å². The first kappa shape index (κ1) is 23.4. The van der Waals surface area contributed by atoms with Crippen molar-refractivity contribution < 1.29 is 24.2 Å². The third kappa shape index (κ3) is 7.13. The maximum absolute atomic E-state index is 12.5. The number of hydrogen-bond donors (Lipinski definition) is 2. The molecule has 166 valence electrons. The molecule has 2 aromatic carbocycles. The van der Waals surface area contributed by atoms with Crippen LogP contribution in [-0.2, 0) is 20.9 Å². The van der Waals surface area contributed by atoms with Crippen molar-refractivity contribution in [3.05, 3.63) is 63.6 Å². The number of halogens is 2. The fourth-order valence-corrected chi connectivity index (χ4v) is 3.88. The Morgan fingerprint density at radius 1 is 1.10 bits per heavy atom. The molecule has 0 aromatic heterocycles. The van der Waals surface area contributed by atoms with Gasteiger partial charge in [-0.2, -0.15) is 0 Å². The van der Waals surface area contributed by atoms with Crippen molar-refractivity contribution in [1.29, 1.82) is 0 Å². The average molecular weight is 466 g/mol. The zero-order valence-electron chi connectivity index (χ0n) is 17.0. The summed E-state index contributed by atoms with van der Waals surface area (Å²) in [6, 6.07) is 11.2. The first-order valence-corrected chi connectivity index (χ1v) is 11.0. The molecule has 2 atom stereocenters. The van der Waals surface area contributed by atoms with Crippen molar-refractivity contribution in [3.63, 3.8) is 0 Å². The number of ether oxygens (including phenoxy) is 2. The second kappa shape index (κ2) is 11.4. The number of rotatable bonds is 6. The van der Waals surface area contributed by atoms with Gasteiger partial charge in [0.05, 0.1) is 12.0 Å². The van der Waals surface area contributed by atoms with E-state index >= 15 is 0 Å². The molecule has 1 fully saturated rings. The molecule has 2 N–H and O–H groups in total. The highest BCUT2D eigenvalue weighted by Crippen LogP contribution is 2.24. The summed E-state index contributed by atoms with van der Waals surface area (Å²) in [5, 5.41) is 13.2. The quantitative estimate of drug-likeness (QED) is 0.601. The van der Waals surface area contributed by atoms with E-state index in [1.165, 1.54) is 12.1 Å². The molecule has 0 radical (unpaired) electrons. The Morgan fingerprint density at radius 3 is 2.61 bits per heavy atom. The predicted octanol–water partition coefficient (Wildman–Crippen LogP) is 4.75. The summed E-state index contributed by atoms with van der Waals surface area (Å²) >= 11 is 12.0. The van der Waals surface area contributed by atoms with E-state index in [1.54, 1.807) is 30.3 Å². The fourth-order valence-electron chi connectivity index (χ4n) is 3.42. The maximum Gasteiger partial charge on any atom is 0.309 e. The minimum absolute atomic E-state index is 0.106. The van der Waals surface area contributed by atoms with Gasteiger partial charge in [-0.15, -0.1) is 0 Å². The van der Waals surface area contributed by atoms with E-state index in [4.69, 9.17) is 32.7 Å². The molecule has 0 saturated carbocycles. The van der Waals surface area contributed by atoms with Gasteiger partial charge in [0.15, 0.2) is 0 Å². The number of amides is 1. The molecular weight excluding hydrogens is 441 g/mol. The zero-order chi connectivity index (χ0) is 22.2. The summed E-state index contributed by atoms with van der Waals surface area (Å²) in [4.78, 5) is 24.7. The van der Waals surface area contributed by atoms with Crippen LogP contribution in [0.4, 0.5) is 0 Å². The molecule has 1 saturated heterocycles. The van der Waals surface area contributed by atoms with E-state index in [-0.39, 0.29) is 36.3 Å². The minimum atomic E-state index is -0.256. The lowest BCUT2D eigenvalue weighted by atomic mass is 9.96. The molecule has 1 amide bonds. The molecule has 6 nitrogen and oxygen atoms in total. The van der Waals surface area contributed by atoms with Crippen molar-refractivity contribution in [1.82, 2.24) is 5.32 Å². The highest BCUT2D eigenvalue weighted by molar-refractivity contribution is 6.35. The molecule has 0 bridgehead atoms. The Hall–Kier alpha value is -2.28. The smallest absolute Gasteiger partial charge is 0.309 e. The predicted molar refractivity (Wildman–Crippen MR) is 118 cm³/mol. The highest BCUT2D eigenvalue weighted by Gasteiger charge is 2.24. The lowest BCUT2D eigenvalue weighted by Gasteiger charge is -2.24. The van der Waals surface area contributed by atoms with Gasteiger partial charge in [-0.05, 0) is 62.1 Å². The van der Waals surface area contributed by atoms with Gasteiger partial charge in [0.2, 0.25) is 0 Å². The maximum atomic E-state index is 12.5. The number of aromatic hydroxyl groups is 1. The van der Waals surface area contributed by atoms with Crippen molar-refractivity contribution in [2.24, 2.45) is 5.92 Å². The summed E-state index contributed by atoms with van der Waals surface area (Å²) in [5.41, 5.74) is 1.19. The van der Waals surface area contributed by atoms with Crippen molar-refractivity contribution >= 4 is 35.1 Å². The van der Waals surface area contributed by atoms with Crippen LogP contribution in [0.5, 0.6) is 5.75 Å². The second-order valence-corrected chi connectivity index (χ2v) is 8.35. The number of phenolic OH excluding ortho intramolecular Hbond substituents is 1. The van der Waals surface area contributed by atoms with E-state index < -0.39 is 0 Å². The highest BCUT2D eigenvalue weighted by atomic mass is 35.5. The Balaban J connectivity index is 1.41. The van der Waals surface area contributed by atoms with Crippen LogP contribution in [0.25, 0.3) is 0 Å². The first-order valence-electron chi connectivity index (χ1n) is 10.2. The molecular formula is C23H25Cl2NO5. The number of carbonyl (C=O) groups excluding carboxylic acids is 2. The van der Waals surface area contributed by atoms with Gasteiger partial charge in [0.1, 0.15) is 12.4 Å². The normalized spacial score (nSPS) is 19.2. The van der Waals surface area contributed by atoms with Crippen LogP contribution in [0.3, 0.4) is 0 Å². The number of esters is 1. The standard InChI is InChI=1S/C23H25Cl2NO5/c24-18-7-4-17(21(25)12-18)14-31-23(29)16-2-1-3-20(30-11-10-16)13-26-22(28)15-5-8-19(27)9-6-15/h4-9,12,16,20,27H,1-3,10-11,13-14H2,(H,26,28)/t16?,20-/m0/s1. The number of carbonyl (C=O) groups is 2. The SMILES string of the molecule is O=C(NC[C@@H]1CCCC(C(=O)OCc2ccc(Cl)cc2Cl)CCO1)c1ccc(O)cc1. The molecule has 31 heavy (non-hydrogen) atoms. The van der Waals surface area contributed by atoms with E-state index in [1.807, 2.05) is 0 Å². The van der Waals surface area contributed by atoms with Gasteiger partial charge in [-0.3, -0.25) is 9.59 Å². The average Bonchev–Trinajstić information content (AvgIpc) is 2.72. The van der Waals surface area contributed by atoms with E-state index in [2.05, 4.69) is 5.32 Å². The third-order valence-corrected chi connectivity index (χ3v) is 5.82. The van der Waals surface area contributed by atoms with Gasteiger partial charge in [-0.1, -0.05) is 29.3 Å². The summed E-state index contributed by atoms with van der Waals surface area (Å²) in [5.74, 6) is -0.579. The minimum Gasteiger partial charge on any atom is -0.508 e. The lowest BCUT2D eigenvalue weighted by Crippen LogP contribution is -2.35. The molecule has 1 unspecified atom stereocenters. The molecule has 2 aromatic rings. The number of phenols is 1. The van der Waals surface area contributed by atoms with E-state index in [0.717, 1.165) is 12.8 Å². The van der Waals surface area contributed by atoms with Crippen LogP contribution >= 0.6 is 23.2 Å². The molecule has 1 aliphatic heterocycles. The van der Waals surface area contributed by atoms with Crippen molar-refractivity contribution in [2.45, 2.75) is 38.4 Å². The zero-order valence-corrected chi connectivity index (χ0v) is 18.5. The van der Waals surface area contributed by atoms with E-state index in [9.17, 15) is 14.7 Å². The lowest BCUT2D eigenvalue weighted by molar-refractivity contribution is -0.151. The molecule has 8 heteroatoms. The van der Waals surface area contributed by atoms with Crippen LogP contribution in [0.15, 0.2) is 42.5 Å². The second-order valence-electron chi connectivity index (χ2n) is 7.51. The molecule has 3 rings (SSSR count). The summed E-state index contributed by atoms with van der Waals surface area (Å²) in [6.45, 7) is 0.920. The largest absolute Gasteiger partial charge is 0.508 e. The summed E-state index contributed by atoms with van der Waals surface area (Å²) in [6.07, 6.45) is 2.70. The third-order valence-electron chi connectivity index (χ3n) is 5.24. The first-order chi connectivity index (χ1) is 14.9. The Kier molecular flexibility index (Phi) is 8.58. The van der Waals surface area contributed by atoms with Gasteiger partial charge in [0, 0.05) is 34.3 Å². The Bertz CT molecular complexity index is 893.